The number of nitro benzene ring substituents is 1. The zero-order valence-corrected chi connectivity index (χ0v) is 21.2. The lowest BCUT2D eigenvalue weighted by atomic mass is 10.1. The maximum absolute atomic E-state index is 12.9. The first-order valence-corrected chi connectivity index (χ1v) is 12.3. The quantitative estimate of drug-likeness (QED) is 0.251. The van der Waals surface area contributed by atoms with Crippen LogP contribution in [0.1, 0.15) is 22.8 Å². The Kier molecular flexibility index (Phi) is 7.70. The summed E-state index contributed by atoms with van der Waals surface area (Å²) in [7, 11) is 3.64. The van der Waals surface area contributed by atoms with Crippen molar-refractivity contribution in [1.82, 2.24) is 9.80 Å². The van der Waals surface area contributed by atoms with Crippen molar-refractivity contribution >= 4 is 51.9 Å². The monoisotopic (exact) mass is 509 g/mol. The molecule has 0 saturated carbocycles. The molecule has 10 nitrogen and oxygen atoms in total. The number of hydrogen-bond donors (Lipinski definition) is 0. The Balaban J connectivity index is 1.58. The average Bonchev–Trinajstić information content (AvgIpc) is 3.12. The maximum atomic E-state index is 12.9. The van der Waals surface area contributed by atoms with Gasteiger partial charge in [0.1, 0.15) is 5.69 Å². The van der Waals surface area contributed by atoms with Crippen molar-refractivity contribution in [2.75, 3.05) is 51.8 Å². The number of nitro groups is 1. The Hall–Kier alpha value is -3.70. The van der Waals surface area contributed by atoms with Crippen LogP contribution in [0.5, 0.6) is 0 Å². The van der Waals surface area contributed by atoms with E-state index in [0.717, 1.165) is 13.1 Å². The van der Waals surface area contributed by atoms with Crippen LogP contribution in [0.2, 0.25) is 0 Å². The predicted octanol–water partition coefficient (Wildman–Crippen LogP) is 3.76. The summed E-state index contributed by atoms with van der Waals surface area (Å²) in [4.78, 5) is 46.9. The number of esters is 1. The highest BCUT2D eigenvalue weighted by Gasteiger charge is 2.31. The third-order valence-electron chi connectivity index (χ3n) is 5.92. The molecule has 2 aromatic carbocycles. The number of aliphatic imine (C=N–C) groups is 1. The maximum Gasteiger partial charge on any atom is 0.338 e. The molecule has 2 saturated heterocycles. The summed E-state index contributed by atoms with van der Waals surface area (Å²) < 4.78 is 5.03. The fourth-order valence-electron chi connectivity index (χ4n) is 3.92. The van der Waals surface area contributed by atoms with Crippen molar-refractivity contribution in [1.29, 1.82) is 0 Å². The van der Waals surface area contributed by atoms with Crippen LogP contribution < -0.4 is 4.90 Å². The van der Waals surface area contributed by atoms with E-state index in [4.69, 9.17) is 4.74 Å². The highest BCUT2D eigenvalue weighted by molar-refractivity contribution is 8.18. The van der Waals surface area contributed by atoms with Crippen molar-refractivity contribution in [3.63, 3.8) is 0 Å². The summed E-state index contributed by atoms with van der Waals surface area (Å²) in [6, 6.07) is 11.7. The van der Waals surface area contributed by atoms with Gasteiger partial charge in [0.25, 0.3) is 11.6 Å². The van der Waals surface area contributed by atoms with Crippen molar-refractivity contribution < 1.29 is 19.2 Å². The number of thioether (sulfide) groups is 1. The molecule has 0 aromatic heterocycles. The Morgan fingerprint density at radius 2 is 1.92 bits per heavy atom. The number of piperazine rings is 1. The lowest BCUT2D eigenvalue weighted by Crippen LogP contribution is -2.44. The van der Waals surface area contributed by atoms with E-state index in [1.165, 1.54) is 22.7 Å². The standard InChI is InChI=1S/C25H27N5O5S/c1-4-35-24(32)18-6-5-7-19(16-18)26-25-28(3)23(31)22(36-25)15-17-8-9-20(21(14-17)30(33)34)29-12-10-27(2)11-13-29/h5-9,14-16H,4,10-13H2,1-3H3. The van der Waals surface area contributed by atoms with Gasteiger partial charge in [-0.15, -0.1) is 0 Å². The third-order valence-corrected chi connectivity index (χ3v) is 6.98. The van der Waals surface area contributed by atoms with Crippen LogP contribution in [0.15, 0.2) is 52.4 Å². The molecule has 2 aliphatic rings. The fourth-order valence-corrected chi connectivity index (χ4v) is 4.91. The van der Waals surface area contributed by atoms with Gasteiger partial charge in [-0.2, -0.15) is 0 Å². The van der Waals surface area contributed by atoms with Crippen LogP contribution in [0.4, 0.5) is 17.1 Å². The van der Waals surface area contributed by atoms with Gasteiger partial charge in [0.05, 0.1) is 27.7 Å². The SMILES string of the molecule is CCOC(=O)c1cccc(N=C2SC(=Cc3ccc(N4CCN(C)CC4)c([N+](=O)[O-])c3)C(=O)N2C)c1. The number of likely N-dealkylation sites (N-methyl/N-ethyl adjacent to an activating group) is 2. The number of hydrogen-bond acceptors (Lipinski definition) is 9. The summed E-state index contributed by atoms with van der Waals surface area (Å²) in [6.45, 7) is 5.12. The van der Waals surface area contributed by atoms with Gasteiger partial charge in [0.2, 0.25) is 0 Å². The Bertz CT molecular complexity index is 1250. The van der Waals surface area contributed by atoms with Gasteiger partial charge >= 0.3 is 5.97 Å². The van der Waals surface area contributed by atoms with Gasteiger partial charge in [-0.05, 0) is 61.6 Å². The van der Waals surface area contributed by atoms with Gasteiger partial charge in [0.15, 0.2) is 5.17 Å². The zero-order valence-electron chi connectivity index (χ0n) is 20.3. The van der Waals surface area contributed by atoms with Crippen molar-refractivity contribution in [3.05, 3.63) is 68.6 Å². The molecule has 0 atom stereocenters. The molecule has 0 spiro atoms. The zero-order chi connectivity index (χ0) is 25.8. The molecule has 2 aromatic rings. The summed E-state index contributed by atoms with van der Waals surface area (Å²) >= 11 is 1.17. The van der Waals surface area contributed by atoms with E-state index >= 15 is 0 Å². The fraction of sp³-hybridized carbons (Fsp3) is 0.320. The molecule has 0 radical (unpaired) electrons. The van der Waals surface area contributed by atoms with Crippen LogP contribution in [0, 0.1) is 10.1 Å². The van der Waals surface area contributed by atoms with Crippen LogP contribution in [0.3, 0.4) is 0 Å². The summed E-state index contributed by atoms with van der Waals surface area (Å²) in [5, 5.41) is 12.3. The minimum atomic E-state index is -0.440. The van der Waals surface area contributed by atoms with E-state index in [9.17, 15) is 19.7 Å². The predicted molar refractivity (Wildman–Crippen MR) is 141 cm³/mol. The first kappa shape index (κ1) is 25.4. The van der Waals surface area contributed by atoms with E-state index in [2.05, 4.69) is 9.89 Å². The molecule has 2 heterocycles. The second-order valence-electron chi connectivity index (χ2n) is 8.44. The smallest absolute Gasteiger partial charge is 0.338 e. The minimum absolute atomic E-state index is 0.0161. The molecular weight excluding hydrogens is 482 g/mol. The number of carbonyl (C=O) groups excluding carboxylic acids is 2. The van der Waals surface area contributed by atoms with Crippen LogP contribution in [0.25, 0.3) is 6.08 Å². The van der Waals surface area contributed by atoms with Gasteiger partial charge < -0.3 is 14.5 Å². The normalized spacial score (nSPS) is 18.8. The van der Waals surface area contributed by atoms with Gasteiger partial charge in [-0.25, -0.2) is 9.79 Å². The molecule has 0 unspecified atom stereocenters. The number of anilines is 1. The average molecular weight is 510 g/mol. The van der Waals surface area contributed by atoms with E-state index < -0.39 is 5.97 Å². The van der Waals surface area contributed by atoms with Crippen molar-refractivity contribution in [2.24, 2.45) is 4.99 Å². The topological polar surface area (TPSA) is 109 Å². The molecule has 4 rings (SSSR count). The van der Waals surface area contributed by atoms with Crippen molar-refractivity contribution in [2.45, 2.75) is 6.92 Å². The largest absolute Gasteiger partial charge is 0.462 e. The molecule has 2 fully saturated rings. The molecular formula is C25H27N5O5S. The van der Waals surface area contributed by atoms with Crippen LogP contribution in [-0.4, -0.2) is 78.6 Å². The molecule has 2 aliphatic heterocycles. The highest BCUT2D eigenvalue weighted by atomic mass is 32.2. The summed E-state index contributed by atoms with van der Waals surface area (Å²) in [5.74, 6) is -0.698. The first-order chi connectivity index (χ1) is 17.3. The molecule has 36 heavy (non-hydrogen) atoms. The van der Waals surface area contributed by atoms with E-state index in [0.29, 0.717) is 45.7 Å². The lowest BCUT2D eigenvalue weighted by Gasteiger charge is -2.33. The van der Waals surface area contributed by atoms with E-state index in [1.807, 2.05) is 11.9 Å². The molecule has 188 valence electrons. The first-order valence-electron chi connectivity index (χ1n) is 11.5. The van der Waals surface area contributed by atoms with Crippen LogP contribution >= 0.6 is 11.8 Å². The van der Waals surface area contributed by atoms with E-state index in [-0.39, 0.29) is 23.1 Å². The van der Waals surface area contributed by atoms with Gasteiger partial charge in [-0.1, -0.05) is 12.1 Å². The number of amidine groups is 1. The Morgan fingerprint density at radius 3 is 2.61 bits per heavy atom. The molecule has 0 N–H and O–H groups in total. The summed E-state index contributed by atoms with van der Waals surface area (Å²) in [6.07, 6.45) is 1.64. The van der Waals surface area contributed by atoms with Gasteiger partial charge in [0, 0.05) is 39.3 Å². The Labute approximate surface area is 213 Å². The second kappa shape index (κ2) is 10.9. The number of benzene rings is 2. The van der Waals surface area contributed by atoms with Gasteiger partial charge in [-0.3, -0.25) is 19.8 Å². The highest BCUT2D eigenvalue weighted by Crippen LogP contribution is 2.35. The number of carbonyl (C=O) groups is 2. The molecule has 11 heteroatoms. The molecule has 0 bridgehead atoms. The minimum Gasteiger partial charge on any atom is -0.462 e. The molecule has 1 amide bonds. The molecule has 0 aliphatic carbocycles. The van der Waals surface area contributed by atoms with Crippen molar-refractivity contribution in [3.8, 4) is 0 Å². The second-order valence-corrected chi connectivity index (χ2v) is 9.44. The summed E-state index contributed by atoms with van der Waals surface area (Å²) in [5.41, 5.74) is 2.05. The number of nitrogens with zero attached hydrogens (tertiary/aromatic N) is 5. The number of amides is 1. The third kappa shape index (κ3) is 5.58. The van der Waals surface area contributed by atoms with Crippen LogP contribution in [-0.2, 0) is 9.53 Å². The number of ether oxygens (including phenoxy) is 1. The lowest BCUT2D eigenvalue weighted by molar-refractivity contribution is -0.384. The Morgan fingerprint density at radius 1 is 1.17 bits per heavy atom. The number of rotatable bonds is 6. The van der Waals surface area contributed by atoms with E-state index in [1.54, 1.807) is 56.4 Å².